The molecule has 0 saturated carbocycles. The molecule has 0 spiro atoms. The van der Waals surface area contributed by atoms with Crippen molar-refractivity contribution in [1.29, 1.82) is 0 Å². The summed E-state index contributed by atoms with van der Waals surface area (Å²) >= 11 is 0. The molecular formula is C76H140O6. The van der Waals surface area contributed by atoms with Crippen LogP contribution < -0.4 is 0 Å². The zero-order valence-corrected chi connectivity index (χ0v) is 55.3. The topological polar surface area (TPSA) is 78.9 Å². The second-order valence-corrected chi connectivity index (χ2v) is 24.9. The Morgan fingerprint density at radius 2 is 0.439 bits per heavy atom. The number of ether oxygens (including phenoxy) is 3. The van der Waals surface area contributed by atoms with Gasteiger partial charge in [0.1, 0.15) is 13.2 Å². The Kier molecular flexibility index (Phi) is 68.6. The van der Waals surface area contributed by atoms with Gasteiger partial charge in [-0.15, -0.1) is 0 Å². The van der Waals surface area contributed by atoms with Crippen LogP contribution in [-0.2, 0) is 28.6 Å². The first-order valence-electron chi connectivity index (χ1n) is 36.6. The summed E-state index contributed by atoms with van der Waals surface area (Å²) in [5, 5.41) is 0. The van der Waals surface area contributed by atoms with E-state index < -0.39 is 6.10 Å². The standard InChI is InChI=1S/C76H140O6/c1-4-7-10-13-16-19-22-25-28-31-34-36-37-38-39-40-43-45-48-51-54-57-60-63-66-69-75(78)81-72-73(71-80-74(77)68-65-62-59-56-53-50-47-44-41-33-30-27-24-21-18-15-12-9-6-3)82-76(79)70-67-64-61-58-55-52-49-46-42-35-32-29-26-23-20-17-14-11-8-5-2/h18,21-22,25,27,30-31,34,73H,4-17,19-20,23-24,26,28-29,32-33,35-72H2,1-3H3/b21-18-,25-22-,30-27-,34-31-. The average Bonchev–Trinajstić information content (AvgIpc) is 3.47. The molecule has 82 heavy (non-hydrogen) atoms. The fraction of sp³-hybridized carbons (Fsp3) is 0.855. The maximum Gasteiger partial charge on any atom is 0.306 e. The molecule has 0 aromatic heterocycles. The summed E-state index contributed by atoms with van der Waals surface area (Å²) < 4.78 is 17.0. The first-order valence-corrected chi connectivity index (χ1v) is 36.6. The van der Waals surface area contributed by atoms with E-state index in [-0.39, 0.29) is 31.1 Å². The van der Waals surface area contributed by atoms with E-state index in [1.807, 2.05) is 0 Å². The van der Waals surface area contributed by atoms with Crippen LogP contribution in [0.15, 0.2) is 48.6 Å². The van der Waals surface area contributed by atoms with Crippen molar-refractivity contribution in [3.05, 3.63) is 48.6 Å². The summed E-state index contributed by atoms with van der Waals surface area (Å²) in [6, 6.07) is 0. The largest absolute Gasteiger partial charge is 0.462 e. The van der Waals surface area contributed by atoms with Crippen LogP contribution >= 0.6 is 0 Å². The molecule has 1 unspecified atom stereocenters. The number of rotatable bonds is 68. The summed E-state index contributed by atoms with van der Waals surface area (Å²) in [7, 11) is 0. The predicted molar refractivity (Wildman–Crippen MR) is 358 cm³/mol. The van der Waals surface area contributed by atoms with Crippen molar-refractivity contribution < 1.29 is 28.6 Å². The maximum absolute atomic E-state index is 13.0. The van der Waals surface area contributed by atoms with E-state index in [1.54, 1.807) is 0 Å². The number of esters is 3. The third-order valence-corrected chi connectivity index (χ3v) is 16.6. The molecule has 1 atom stereocenters. The second kappa shape index (κ2) is 70.9. The van der Waals surface area contributed by atoms with E-state index in [0.29, 0.717) is 19.3 Å². The summed E-state index contributed by atoms with van der Waals surface area (Å²) in [4.78, 5) is 38.5. The average molecular weight is 1150 g/mol. The third-order valence-electron chi connectivity index (χ3n) is 16.6. The number of unbranched alkanes of at least 4 members (excludes halogenated alkanes) is 49. The first-order chi connectivity index (χ1) is 40.5. The maximum atomic E-state index is 13.0. The number of carbonyl (C=O) groups is 3. The Morgan fingerprint density at radius 1 is 0.244 bits per heavy atom. The van der Waals surface area contributed by atoms with E-state index in [9.17, 15) is 14.4 Å². The summed E-state index contributed by atoms with van der Waals surface area (Å²) in [5.74, 6) is -0.844. The highest BCUT2D eigenvalue weighted by atomic mass is 16.6. The Hall–Kier alpha value is -2.63. The Morgan fingerprint density at radius 3 is 0.695 bits per heavy atom. The first kappa shape index (κ1) is 79.4. The number of allylic oxidation sites excluding steroid dienone is 8. The minimum Gasteiger partial charge on any atom is -0.462 e. The smallest absolute Gasteiger partial charge is 0.306 e. The van der Waals surface area contributed by atoms with E-state index in [4.69, 9.17) is 14.2 Å². The fourth-order valence-corrected chi connectivity index (χ4v) is 11.0. The SMILES string of the molecule is CCCCC/C=C\C/C=C\CCCCCCCCCCCC(=O)OCC(COC(=O)CCCCCCCCCCCCCCC/C=C\C/C=C\CCCCCCC)OC(=O)CCCCCCCCCCCCCCCCCCCCCC. The zero-order chi connectivity index (χ0) is 59.2. The van der Waals surface area contributed by atoms with E-state index in [2.05, 4.69) is 69.4 Å². The number of hydrogen-bond donors (Lipinski definition) is 0. The van der Waals surface area contributed by atoms with Gasteiger partial charge in [0.25, 0.3) is 0 Å². The van der Waals surface area contributed by atoms with E-state index >= 15 is 0 Å². The lowest BCUT2D eigenvalue weighted by atomic mass is 10.0. The molecule has 0 aliphatic rings. The van der Waals surface area contributed by atoms with Crippen molar-refractivity contribution in [1.82, 2.24) is 0 Å². The Balaban J connectivity index is 4.31. The molecule has 0 aromatic carbocycles. The molecular weight excluding hydrogens is 1010 g/mol. The molecule has 0 amide bonds. The van der Waals surface area contributed by atoms with Gasteiger partial charge in [0, 0.05) is 19.3 Å². The monoisotopic (exact) mass is 1150 g/mol. The highest BCUT2D eigenvalue weighted by Gasteiger charge is 2.19. The van der Waals surface area contributed by atoms with Crippen LogP contribution in [0, 0.1) is 0 Å². The molecule has 0 radical (unpaired) electrons. The lowest BCUT2D eigenvalue weighted by Crippen LogP contribution is -2.30. The van der Waals surface area contributed by atoms with Crippen LogP contribution in [0.1, 0.15) is 400 Å². The highest BCUT2D eigenvalue weighted by molar-refractivity contribution is 5.71. The molecule has 480 valence electrons. The van der Waals surface area contributed by atoms with E-state index in [0.717, 1.165) is 70.6 Å². The molecule has 6 heteroatoms. The van der Waals surface area contributed by atoms with Crippen LogP contribution in [0.4, 0.5) is 0 Å². The molecule has 0 aliphatic heterocycles. The minimum absolute atomic E-state index is 0.0700. The van der Waals surface area contributed by atoms with Gasteiger partial charge in [0.15, 0.2) is 6.10 Å². The molecule has 0 bridgehead atoms. The molecule has 6 nitrogen and oxygen atoms in total. The molecule has 0 saturated heterocycles. The Bertz CT molecular complexity index is 1410. The van der Waals surface area contributed by atoms with Crippen LogP contribution in [0.3, 0.4) is 0 Å². The van der Waals surface area contributed by atoms with Gasteiger partial charge >= 0.3 is 17.9 Å². The lowest BCUT2D eigenvalue weighted by molar-refractivity contribution is -0.167. The normalized spacial score (nSPS) is 12.3. The molecule has 0 aromatic rings. The molecule has 0 fully saturated rings. The highest BCUT2D eigenvalue weighted by Crippen LogP contribution is 2.18. The second-order valence-electron chi connectivity index (χ2n) is 24.9. The van der Waals surface area contributed by atoms with Gasteiger partial charge in [-0.3, -0.25) is 14.4 Å². The van der Waals surface area contributed by atoms with Crippen molar-refractivity contribution in [3.8, 4) is 0 Å². The van der Waals surface area contributed by atoms with E-state index in [1.165, 1.54) is 289 Å². The molecule has 0 rings (SSSR count). The van der Waals surface area contributed by atoms with Crippen LogP contribution in [0.25, 0.3) is 0 Å². The van der Waals surface area contributed by atoms with Crippen molar-refractivity contribution in [2.24, 2.45) is 0 Å². The quantitative estimate of drug-likeness (QED) is 0.0261. The molecule has 0 heterocycles. The number of carbonyl (C=O) groups excluding carboxylic acids is 3. The minimum atomic E-state index is -0.775. The van der Waals surface area contributed by atoms with Gasteiger partial charge in [0.05, 0.1) is 0 Å². The lowest BCUT2D eigenvalue weighted by Gasteiger charge is -2.18. The van der Waals surface area contributed by atoms with Crippen molar-refractivity contribution in [2.45, 2.75) is 406 Å². The summed E-state index contributed by atoms with van der Waals surface area (Å²) in [6.07, 6.45) is 89.9. The van der Waals surface area contributed by atoms with Crippen molar-refractivity contribution >= 4 is 17.9 Å². The van der Waals surface area contributed by atoms with Gasteiger partial charge in [0.2, 0.25) is 0 Å². The van der Waals surface area contributed by atoms with Crippen molar-refractivity contribution in [2.75, 3.05) is 13.2 Å². The van der Waals surface area contributed by atoms with Gasteiger partial charge in [-0.05, 0) is 83.5 Å². The van der Waals surface area contributed by atoms with Gasteiger partial charge in [-0.2, -0.15) is 0 Å². The Labute approximate surface area is 511 Å². The fourth-order valence-electron chi connectivity index (χ4n) is 11.0. The van der Waals surface area contributed by atoms with Gasteiger partial charge < -0.3 is 14.2 Å². The molecule has 0 aliphatic carbocycles. The number of hydrogen-bond acceptors (Lipinski definition) is 6. The van der Waals surface area contributed by atoms with Crippen molar-refractivity contribution in [3.63, 3.8) is 0 Å². The van der Waals surface area contributed by atoms with Crippen LogP contribution in [-0.4, -0.2) is 37.2 Å². The summed E-state index contributed by atoms with van der Waals surface area (Å²) in [6.45, 7) is 6.68. The van der Waals surface area contributed by atoms with Crippen LogP contribution in [0.2, 0.25) is 0 Å². The van der Waals surface area contributed by atoms with Gasteiger partial charge in [-0.1, -0.05) is 345 Å². The zero-order valence-electron chi connectivity index (χ0n) is 55.3. The molecule has 0 N–H and O–H groups in total. The van der Waals surface area contributed by atoms with Crippen LogP contribution in [0.5, 0.6) is 0 Å². The predicted octanol–water partition coefficient (Wildman–Crippen LogP) is 25.3. The summed E-state index contributed by atoms with van der Waals surface area (Å²) in [5.41, 5.74) is 0. The van der Waals surface area contributed by atoms with Gasteiger partial charge in [-0.25, -0.2) is 0 Å². The third kappa shape index (κ3) is 68.2.